The number of halogens is 1. The van der Waals surface area contributed by atoms with E-state index in [-0.39, 0.29) is 30.1 Å². The van der Waals surface area contributed by atoms with E-state index in [4.69, 9.17) is 5.73 Å². The van der Waals surface area contributed by atoms with Gasteiger partial charge in [0.15, 0.2) is 0 Å². The van der Waals surface area contributed by atoms with Gasteiger partial charge in [-0.2, -0.15) is 0 Å². The Morgan fingerprint density at radius 2 is 2.23 bits per heavy atom. The van der Waals surface area contributed by atoms with Crippen molar-refractivity contribution in [3.63, 3.8) is 0 Å². The SMILES string of the molecule is CC(C)C(NC(=O)c1cccs1)C(=O)N1CCC(CN)C1.Cl. The van der Waals surface area contributed by atoms with Crippen LogP contribution in [0.4, 0.5) is 0 Å². The number of thiophene rings is 1. The van der Waals surface area contributed by atoms with Crippen molar-refractivity contribution in [3.8, 4) is 0 Å². The Labute approximate surface area is 141 Å². The summed E-state index contributed by atoms with van der Waals surface area (Å²) in [7, 11) is 0. The zero-order chi connectivity index (χ0) is 15.4. The van der Waals surface area contributed by atoms with Gasteiger partial charge in [-0.3, -0.25) is 9.59 Å². The summed E-state index contributed by atoms with van der Waals surface area (Å²) in [5.41, 5.74) is 5.67. The highest BCUT2D eigenvalue weighted by Gasteiger charge is 2.33. The van der Waals surface area contributed by atoms with E-state index >= 15 is 0 Å². The molecule has 1 saturated heterocycles. The van der Waals surface area contributed by atoms with E-state index in [9.17, 15) is 9.59 Å². The molecule has 0 radical (unpaired) electrons. The van der Waals surface area contributed by atoms with E-state index in [0.717, 1.165) is 13.0 Å². The Morgan fingerprint density at radius 3 is 2.73 bits per heavy atom. The molecule has 0 saturated carbocycles. The van der Waals surface area contributed by atoms with Crippen LogP contribution in [0.25, 0.3) is 0 Å². The summed E-state index contributed by atoms with van der Waals surface area (Å²) in [6, 6.07) is 3.12. The van der Waals surface area contributed by atoms with Crippen LogP contribution in [0.5, 0.6) is 0 Å². The van der Waals surface area contributed by atoms with Crippen molar-refractivity contribution in [2.24, 2.45) is 17.6 Å². The highest BCUT2D eigenvalue weighted by molar-refractivity contribution is 7.12. The van der Waals surface area contributed by atoms with Crippen LogP contribution in [0, 0.1) is 11.8 Å². The van der Waals surface area contributed by atoms with Crippen LogP contribution in [0.15, 0.2) is 17.5 Å². The number of nitrogens with two attached hydrogens (primary N) is 1. The number of rotatable bonds is 5. The van der Waals surface area contributed by atoms with Gasteiger partial charge in [-0.25, -0.2) is 0 Å². The van der Waals surface area contributed by atoms with E-state index in [1.165, 1.54) is 11.3 Å². The monoisotopic (exact) mass is 345 g/mol. The van der Waals surface area contributed by atoms with Crippen LogP contribution in [0.2, 0.25) is 0 Å². The summed E-state index contributed by atoms with van der Waals surface area (Å²) in [5, 5.41) is 4.73. The van der Waals surface area contributed by atoms with Gasteiger partial charge in [0, 0.05) is 13.1 Å². The van der Waals surface area contributed by atoms with Gasteiger partial charge in [0.05, 0.1) is 4.88 Å². The molecule has 0 spiro atoms. The third-order valence-corrected chi connectivity index (χ3v) is 4.76. The molecule has 2 amide bonds. The maximum absolute atomic E-state index is 12.6. The molecular formula is C15H24ClN3O2S. The van der Waals surface area contributed by atoms with Crippen molar-refractivity contribution >= 4 is 35.6 Å². The molecule has 1 aliphatic rings. The normalized spacial score (nSPS) is 18.9. The molecule has 1 aromatic rings. The van der Waals surface area contributed by atoms with Crippen molar-refractivity contribution in [2.75, 3.05) is 19.6 Å². The summed E-state index contributed by atoms with van der Waals surface area (Å²) in [4.78, 5) is 27.3. The highest BCUT2D eigenvalue weighted by Crippen LogP contribution is 2.18. The fraction of sp³-hybridized carbons (Fsp3) is 0.600. The molecule has 1 fully saturated rings. The minimum Gasteiger partial charge on any atom is -0.341 e. The molecule has 0 aromatic carbocycles. The molecule has 2 atom stereocenters. The number of nitrogens with one attached hydrogen (secondary N) is 1. The Kier molecular flexibility index (Phi) is 7.32. The minimum absolute atomic E-state index is 0. The fourth-order valence-corrected chi connectivity index (χ4v) is 3.18. The van der Waals surface area contributed by atoms with Crippen molar-refractivity contribution < 1.29 is 9.59 Å². The van der Waals surface area contributed by atoms with Gasteiger partial charge in [0.2, 0.25) is 5.91 Å². The summed E-state index contributed by atoms with van der Waals surface area (Å²) in [6.07, 6.45) is 0.950. The van der Waals surface area contributed by atoms with Gasteiger partial charge in [-0.1, -0.05) is 19.9 Å². The second-order valence-electron chi connectivity index (χ2n) is 5.85. The molecule has 0 aliphatic carbocycles. The lowest BCUT2D eigenvalue weighted by molar-refractivity contribution is -0.133. The first-order valence-corrected chi connectivity index (χ1v) is 8.24. The first-order valence-electron chi connectivity index (χ1n) is 7.36. The molecule has 1 aromatic heterocycles. The van der Waals surface area contributed by atoms with Crippen molar-refractivity contribution in [2.45, 2.75) is 26.3 Å². The third kappa shape index (κ3) is 4.44. The standard InChI is InChI=1S/C15H23N3O2S.ClH/c1-10(2)13(17-14(19)12-4-3-7-21-12)15(20)18-6-5-11(8-16)9-18;/h3-4,7,10-11,13H,5-6,8-9,16H2,1-2H3,(H,17,19);1H. The smallest absolute Gasteiger partial charge is 0.262 e. The van der Waals surface area contributed by atoms with Gasteiger partial charge in [-0.05, 0) is 36.2 Å². The summed E-state index contributed by atoms with van der Waals surface area (Å²) < 4.78 is 0. The van der Waals surface area contributed by atoms with Gasteiger partial charge < -0.3 is 16.0 Å². The molecule has 124 valence electrons. The zero-order valence-corrected chi connectivity index (χ0v) is 14.6. The lowest BCUT2D eigenvalue weighted by Gasteiger charge is -2.26. The van der Waals surface area contributed by atoms with Gasteiger partial charge in [0.1, 0.15) is 6.04 Å². The number of hydrogen-bond donors (Lipinski definition) is 2. The average molecular weight is 346 g/mol. The predicted molar refractivity (Wildman–Crippen MR) is 91.4 cm³/mol. The van der Waals surface area contributed by atoms with E-state index < -0.39 is 6.04 Å². The lowest BCUT2D eigenvalue weighted by atomic mass is 10.0. The molecule has 1 aliphatic heterocycles. The predicted octanol–water partition coefficient (Wildman–Crippen LogP) is 1.73. The third-order valence-electron chi connectivity index (χ3n) is 3.90. The lowest BCUT2D eigenvalue weighted by Crippen LogP contribution is -2.50. The molecule has 2 rings (SSSR count). The largest absolute Gasteiger partial charge is 0.341 e. The average Bonchev–Trinajstić information content (AvgIpc) is 3.13. The quantitative estimate of drug-likeness (QED) is 0.853. The van der Waals surface area contributed by atoms with Crippen molar-refractivity contribution in [1.29, 1.82) is 0 Å². The first kappa shape index (κ1) is 18.9. The van der Waals surface area contributed by atoms with Crippen molar-refractivity contribution in [3.05, 3.63) is 22.4 Å². The molecular weight excluding hydrogens is 322 g/mol. The summed E-state index contributed by atoms with van der Waals surface area (Å²) in [5.74, 6) is 0.269. The van der Waals surface area contributed by atoms with E-state index in [1.54, 1.807) is 6.07 Å². The molecule has 2 heterocycles. The number of carbonyl (C=O) groups excluding carboxylic acids is 2. The van der Waals surface area contributed by atoms with Crippen LogP contribution in [0.1, 0.15) is 29.9 Å². The second kappa shape index (κ2) is 8.50. The number of nitrogens with zero attached hydrogens (tertiary/aromatic N) is 1. The first-order chi connectivity index (χ1) is 10.0. The Hall–Kier alpha value is -1.11. The van der Waals surface area contributed by atoms with Gasteiger partial charge in [-0.15, -0.1) is 23.7 Å². The summed E-state index contributed by atoms with van der Waals surface area (Å²) in [6.45, 7) is 5.95. The van der Waals surface area contributed by atoms with E-state index in [0.29, 0.717) is 23.9 Å². The molecule has 22 heavy (non-hydrogen) atoms. The minimum atomic E-state index is -0.476. The van der Waals surface area contributed by atoms with Crippen LogP contribution in [0.3, 0.4) is 0 Å². The van der Waals surface area contributed by atoms with Crippen LogP contribution in [-0.2, 0) is 4.79 Å². The van der Waals surface area contributed by atoms with Gasteiger partial charge in [0.25, 0.3) is 5.91 Å². The Morgan fingerprint density at radius 1 is 1.50 bits per heavy atom. The molecule has 0 bridgehead atoms. The maximum atomic E-state index is 12.6. The second-order valence-corrected chi connectivity index (χ2v) is 6.79. The molecule has 5 nitrogen and oxygen atoms in total. The van der Waals surface area contributed by atoms with Crippen LogP contribution >= 0.6 is 23.7 Å². The van der Waals surface area contributed by atoms with Crippen LogP contribution in [-0.4, -0.2) is 42.4 Å². The Bertz CT molecular complexity index is 493. The molecule has 2 unspecified atom stereocenters. The van der Waals surface area contributed by atoms with E-state index in [2.05, 4.69) is 5.32 Å². The number of amides is 2. The fourth-order valence-electron chi connectivity index (χ4n) is 2.56. The molecule has 3 N–H and O–H groups in total. The number of carbonyl (C=O) groups is 2. The topological polar surface area (TPSA) is 75.4 Å². The number of hydrogen-bond acceptors (Lipinski definition) is 4. The maximum Gasteiger partial charge on any atom is 0.262 e. The Balaban J connectivity index is 0.00000242. The highest BCUT2D eigenvalue weighted by atomic mass is 35.5. The number of likely N-dealkylation sites (tertiary alicyclic amines) is 1. The van der Waals surface area contributed by atoms with E-state index in [1.807, 2.05) is 30.2 Å². The summed E-state index contributed by atoms with van der Waals surface area (Å²) >= 11 is 1.38. The van der Waals surface area contributed by atoms with Crippen molar-refractivity contribution in [1.82, 2.24) is 10.2 Å². The van der Waals surface area contributed by atoms with Crippen LogP contribution < -0.4 is 11.1 Å². The zero-order valence-electron chi connectivity index (χ0n) is 13.0. The van der Waals surface area contributed by atoms with Gasteiger partial charge >= 0.3 is 0 Å². The molecule has 7 heteroatoms.